The Morgan fingerprint density at radius 1 is 1.43 bits per heavy atom. The van der Waals surface area contributed by atoms with Gasteiger partial charge in [-0.25, -0.2) is 0 Å². The Kier molecular flexibility index (Phi) is 4.13. The summed E-state index contributed by atoms with van der Waals surface area (Å²) in [6.45, 7) is 1.75. The van der Waals surface area contributed by atoms with Gasteiger partial charge in [-0.1, -0.05) is 37.3 Å². The highest BCUT2D eigenvalue weighted by atomic mass is 16.6. The van der Waals surface area contributed by atoms with E-state index in [0.717, 1.165) is 5.56 Å². The van der Waals surface area contributed by atoms with Gasteiger partial charge in [-0.05, 0) is 5.56 Å². The van der Waals surface area contributed by atoms with Gasteiger partial charge >= 0.3 is 5.97 Å². The van der Waals surface area contributed by atoms with Crippen molar-refractivity contribution in [2.75, 3.05) is 0 Å². The number of hydrogen-bond acceptors (Lipinski definition) is 3. The number of benzene rings is 1. The van der Waals surface area contributed by atoms with Gasteiger partial charge in [0.2, 0.25) is 0 Å². The zero-order chi connectivity index (χ0) is 10.4. The first-order valence-corrected chi connectivity index (χ1v) is 4.71. The Hall–Kier alpha value is -1.35. The lowest BCUT2D eigenvalue weighted by molar-refractivity contribution is -0.148. The second kappa shape index (κ2) is 5.40. The highest BCUT2D eigenvalue weighted by molar-refractivity contribution is 5.69. The van der Waals surface area contributed by atoms with Gasteiger partial charge in [-0.15, -0.1) is 0 Å². The van der Waals surface area contributed by atoms with Crippen LogP contribution in [0.2, 0.25) is 0 Å². The third-order valence-electron chi connectivity index (χ3n) is 1.85. The number of carbonyl (C=O) groups excluding carboxylic acids is 1. The molecule has 0 saturated carbocycles. The molecule has 3 nitrogen and oxygen atoms in total. The lowest BCUT2D eigenvalue weighted by Gasteiger charge is -2.12. The van der Waals surface area contributed by atoms with Gasteiger partial charge in [0.15, 0.2) is 6.23 Å². The predicted molar refractivity (Wildman–Crippen MR) is 54.5 cm³/mol. The average molecular weight is 193 g/mol. The molecule has 14 heavy (non-hydrogen) atoms. The number of carbonyl (C=O) groups is 1. The van der Waals surface area contributed by atoms with Gasteiger partial charge in [0.05, 0.1) is 0 Å². The fourth-order valence-electron chi connectivity index (χ4n) is 1.14. The summed E-state index contributed by atoms with van der Waals surface area (Å²) >= 11 is 0. The summed E-state index contributed by atoms with van der Waals surface area (Å²) in [5, 5.41) is 0. The zero-order valence-electron chi connectivity index (χ0n) is 8.27. The molecule has 1 atom stereocenters. The van der Waals surface area contributed by atoms with Crippen molar-refractivity contribution in [3.05, 3.63) is 35.9 Å². The minimum Gasteiger partial charge on any atom is -0.446 e. The number of esters is 1. The zero-order valence-corrected chi connectivity index (χ0v) is 8.27. The number of hydrogen-bond donors (Lipinski definition) is 1. The molecule has 1 rings (SSSR count). The second-order valence-electron chi connectivity index (χ2n) is 3.07. The molecule has 0 spiro atoms. The minimum absolute atomic E-state index is 0.256. The van der Waals surface area contributed by atoms with Crippen LogP contribution in [-0.4, -0.2) is 12.2 Å². The van der Waals surface area contributed by atoms with Crippen LogP contribution in [0.3, 0.4) is 0 Å². The van der Waals surface area contributed by atoms with Crippen molar-refractivity contribution in [2.24, 2.45) is 5.73 Å². The fraction of sp³-hybridized carbons (Fsp3) is 0.364. The maximum atomic E-state index is 10.9. The van der Waals surface area contributed by atoms with Crippen molar-refractivity contribution < 1.29 is 9.53 Å². The standard InChI is InChI=1S/C11H15NO2/c1-2-11(13)14-10(12)8-9-6-4-3-5-7-9/h3-7,10H,2,8,12H2,1H3. The first kappa shape index (κ1) is 10.7. The molecule has 0 aromatic heterocycles. The van der Waals surface area contributed by atoms with E-state index in [4.69, 9.17) is 10.5 Å². The molecule has 0 heterocycles. The van der Waals surface area contributed by atoms with Crippen LogP contribution in [0.15, 0.2) is 30.3 Å². The third kappa shape index (κ3) is 3.58. The maximum Gasteiger partial charge on any atom is 0.307 e. The molecule has 1 aromatic rings. The summed E-state index contributed by atoms with van der Waals surface area (Å²) in [5.41, 5.74) is 6.71. The van der Waals surface area contributed by atoms with Crippen molar-refractivity contribution in [3.63, 3.8) is 0 Å². The lowest BCUT2D eigenvalue weighted by atomic mass is 10.1. The average Bonchev–Trinajstić information content (AvgIpc) is 2.19. The summed E-state index contributed by atoms with van der Waals surface area (Å²) in [6.07, 6.45) is 0.388. The van der Waals surface area contributed by atoms with Crippen LogP contribution in [-0.2, 0) is 16.0 Å². The Morgan fingerprint density at radius 2 is 2.07 bits per heavy atom. The minimum atomic E-state index is -0.537. The van der Waals surface area contributed by atoms with Crippen molar-refractivity contribution in [1.29, 1.82) is 0 Å². The smallest absolute Gasteiger partial charge is 0.307 e. The molecule has 0 aliphatic heterocycles. The molecule has 0 radical (unpaired) electrons. The molecule has 3 heteroatoms. The van der Waals surface area contributed by atoms with E-state index in [1.165, 1.54) is 0 Å². The second-order valence-corrected chi connectivity index (χ2v) is 3.07. The van der Waals surface area contributed by atoms with E-state index in [9.17, 15) is 4.79 Å². The van der Waals surface area contributed by atoms with E-state index in [1.807, 2.05) is 30.3 Å². The molecule has 1 aromatic carbocycles. The Bertz CT molecular complexity index is 285. The molecule has 0 amide bonds. The van der Waals surface area contributed by atoms with E-state index in [0.29, 0.717) is 12.8 Å². The third-order valence-corrected chi connectivity index (χ3v) is 1.85. The summed E-state index contributed by atoms with van der Waals surface area (Å²) in [5.74, 6) is -0.256. The Labute approximate surface area is 83.9 Å². The maximum absolute atomic E-state index is 10.9. The van der Waals surface area contributed by atoms with Crippen LogP contribution in [0, 0.1) is 0 Å². The number of nitrogens with two attached hydrogens (primary N) is 1. The fourth-order valence-corrected chi connectivity index (χ4v) is 1.14. The van der Waals surface area contributed by atoms with Gasteiger partial charge in [0, 0.05) is 12.8 Å². The molecular weight excluding hydrogens is 178 g/mol. The van der Waals surface area contributed by atoms with Crippen molar-refractivity contribution in [3.8, 4) is 0 Å². The molecule has 2 N–H and O–H groups in total. The number of ether oxygens (including phenoxy) is 1. The molecule has 0 bridgehead atoms. The topological polar surface area (TPSA) is 52.3 Å². The van der Waals surface area contributed by atoms with Gasteiger partial charge in [-0.2, -0.15) is 0 Å². The van der Waals surface area contributed by atoms with E-state index in [-0.39, 0.29) is 5.97 Å². The highest BCUT2D eigenvalue weighted by Gasteiger charge is 2.07. The van der Waals surface area contributed by atoms with Gasteiger partial charge in [0.1, 0.15) is 0 Å². The van der Waals surface area contributed by atoms with Gasteiger partial charge in [0.25, 0.3) is 0 Å². The van der Waals surface area contributed by atoms with E-state index in [1.54, 1.807) is 6.92 Å². The van der Waals surface area contributed by atoms with Gasteiger partial charge in [-0.3, -0.25) is 10.5 Å². The molecule has 0 aliphatic rings. The largest absolute Gasteiger partial charge is 0.446 e. The summed E-state index contributed by atoms with van der Waals surface area (Å²) in [7, 11) is 0. The lowest BCUT2D eigenvalue weighted by Crippen LogP contribution is -2.29. The summed E-state index contributed by atoms with van der Waals surface area (Å²) in [6, 6.07) is 9.72. The molecule has 1 unspecified atom stereocenters. The molecule has 76 valence electrons. The molecular formula is C11H15NO2. The summed E-state index contributed by atoms with van der Waals surface area (Å²) < 4.78 is 4.94. The van der Waals surface area contributed by atoms with Gasteiger partial charge < -0.3 is 4.74 Å². The Morgan fingerprint density at radius 3 is 2.64 bits per heavy atom. The first-order valence-electron chi connectivity index (χ1n) is 4.71. The SMILES string of the molecule is CCC(=O)OC(N)Cc1ccccc1. The molecule has 0 aliphatic carbocycles. The first-order chi connectivity index (χ1) is 6.72. The van der Waals surface area contributed by atoms with Crippen LogP contribution in [0.5, 0.6) is 0 Å². The Balaban J connectivity index is 2.41. The normalized spacial score (nSPS) is 12.1. The molecule has 0 saturated heterocycles. The quantitative estimate of drug-likeness (QED) is 0.582. The van der Waals surface area contributed by atoms with E-state index >= 15 is 0 Å². The van der Waals surface area contributed by atoms with Crippen LogP contribution in [0.25, 0.3) is 0 Å². The van der Waals surface area contributed by atoms with Crippen molar-refractivity contribution in [2.45, 2.75) is 26.0 Å². The van der Waals surface area contributed by atoms with E-state index < -0.39 is 6.23 Å². The predicted octanol–water partition coefficient (Wildman–Crippen LogP) is 1.47. The summed E-state index contributed by atoms with van der Waals surface area (Å²) in [4.78, 5) is 10.9. The van der Waals surface area contributed by atoms with Crippen LogP contribution < -0.4 is 5.73 Å². The van der Waals surface area contributed by atoms with Crippen LogP contribution in [0.1, 0.15) is 18.9 Å². The number of rotatable bonds is 4. The molecule has 0 fully saturated rings. The van der Waals surface area contributed by atoms with Crippen LogP contribution in [0.4, 0.5) is 0 Å². The van der Waals surface area contributed by atoms with Crippen LogP contribution >= 0.6 is 0 Å². The highest BCUT2D eigenvalue weighted by Crippen LogP contribution is 2.03. The van der Waals surface area contributed by atoms with Crippen molar-refractivity contribution >= 4 is 5.97 Å². The monoisotopic (exact) mass is 193 g/mol. The van der Waals surface area contributed by atoms with Crippen molar-refractivity contribution in [1.82, 2.24) is 0 Å². The van der Waals surface area contributed by atoms with E-state index in [2.05, 4.69) is 0 Å².